The van der Waals surface area contributed by atoms with Crippen LogP contribution in [0.5, 0.6) is 0 Å². The molecule has 0 saturated heterocycles. The number of anilines is 4. The lowest BCUT2D eigenvalue weighted by atomic mass is 10.2. The SMILES string of the molecule is CC(=O)N(c1ccccc1)c1nc(C=CC(=O)Nc2ccc(N(C)C(C)C)c(F)c2)cs1. The van der Waals surface area contributed by atoms with Crippen LogP contribution < -0.4 is 15.1 Å². The number of nitrogens with one attached hydrogen (secondary N) is 1. The van der Waals surface area contributed by atoms with Crippen molar-refractivity contribution in [3.05, 3.63) is 71.5 Å². The highest BCUT2D eigenvalue weighted by molar-refractivity contribution is 7.14. The van der Waals surface area contributed by atoms with Gasteiger partial charge in [-0.3, -0.25) is 14.5 Å². The third-order valence-corrected chi connectivity index (χ3v) is 5.65. The second-order valence-corrected chi connectivity index (χ2v) is 8.27. The van der Waals surface area contributed by atoms with E-state index in [1.807, 2.05) is 56.1 Å². The van der Waals surface area contributed by atoms with Gasteiger partial charge in [0.15, 0.2) is 5.13 Å². The summed E-state index contributed by atoms with van der Waals surface area (Å²) in [5.74, 6) is -0.972. The molecule has 1 heterocycles. The highest BCUT2D eigenvalue weighted by atomic mass is 32.1. The quantitative estimate of drug-likeness (QED) is 0.483. The molecule has 0 atom stereocenters. The van der Waals surface area contributed by atoms with Gasteiger partial charge in [0.1, 0.15) is 5.82 Å². The van der Waals surface area contributed by atoms with Gasteiger partial charge >= 0.3 is 0 Å². The van der Waals surface area contributed by atoms with E-state index in [9.17, 15) is 14.0 Å². The van der Waals surface area contributed by atoms with Gasteiger partial charge in [-0.2, -0.15) is 0 Å². The van der Waals surface area contributed by atoms with Crippen molar-refractivity contribution in [2.24, 2.45) is 0 Å². The number of thiazole rings is 1. The van der Waals surface area contributed by atoms with Crippen molar-refractivity contribution in [1.82, 2.24) is 4.98 Å². The van der Waals surface area contributed by atoms with Gasteiger partial charge < -0.3 is 10.2 Å². The molecule has 0 fully saturated rings. The molecule has 0 aliphatic carbocycles. The van der Waals surface area contributed by atoms with Crippen LogP contribution in [0.1, 0.15) is 26.5 Å². The van der Waals surface area contributed by atoms with Crippen LogP contribution in [-0.2, 0) is 9.59 Å². The molecule has 6 nitrogen and oxygen atoms in total. The first-order valence-electron chi connectivity index (χ1n) is 10.1. The molecule has 0 saturated carbocycles. The van der Waals surface area contributed by atoms with Gasteiger partial charge in [-0.25, -0.2) is 9.37 Å². The Morgan fingerprint density at radius 2 is 1.88 bits per heavy atom. The highest BCUT2D eigenvalue weighted by Gasteiger charge is 2.17. The lowest BCUT2D eigenvalue weighted by Gasteiger charge is -2.24. The number of nitrogens with zero attached hydrogens (tertiary/aromatic N) is 3. The Hall–Kier alpha value is -3.52. The summed E-state index contributed by atoms with van der Waals surface area (Å²) in [5.41, 5.74) is 2.10. The van der Waals surface area contributed by atoms with Crippen LogP contribution in [0.2, 0.25) is 0 Å². The van der Waals surface area contributed by atoms with E-state index >= 15 is 0 Å². The predicted octanol–water partition coefficient (Wildman–Crippen LogP) is 5.46. The Kier molecular flexibility index (Phi) is 7.37. The second kappa shape index (κ2) is 10.2. The number of carbonyl (C=O) groups is 2. The fourth-order valence-corrected chi connectivity index (χ4v) is 3.81. The molecule has 0 aliphatic heterocycles. The van der Waals surface area contributed by atoms with E-state index in [0.717, 1.165) is 5.69 Å². The van der Waals surface area contributed by atoms with Crippen molar-refractivity contribution in [3.8, 4) is 0 Å². The van der Waals surface area contributed by atoms with Crippen LogP contribution in [0.4, 0.5) is 26.6 Å². The number of amides is 2. The summed E-state index contributed by atoms with van der Waals surface area (Å²) < 4.78 is 14.4. The van der Waals surface area contributed by atoms with E-state index in [2.05, 4.69) is 10.3 Å². The van der Waals surface area contributed by atoms with Crippen molar-refractivity contribution >= 4 is 51.4 Å². The zero-order chi connectivity index (χ0) is 23.3. The minimum atomic E-state index is -0.407. The zero-order valence-corrected chi connectivity index (χ0v) is 19.2. The van der Waals surface area contributed by atoms with E-state index in [4.69, 9.17) is 0 Å². The van der Waals surface area contributed by atoms with Gasteiger partial charge in [-0.15, -0.1) is 11.3 Å². The average Bonchev–Trinajstić information content (AvgIpc) is 3.21. The minimum absolute atomic E-state index is 0.150. The van der Waals surface area contributed by atoms with Crippen molar-refractivity contribution in [2.45, 2.75) is 26.8 Å². The molecule has 32 heavy (non-hydrogen) atoms. The molecular formula is C24H25FN4O2S. The smallest absolute Gasteiger partial charge is 0.248 e. The Morgan fingerprint density at radius 3 is 2.50 bits per heavy atom. The number of hydrogen-bond acceptors (Lipinski definition) is 5. The molecule has 3 aromatic rings. The summed E-state index contributed by atoms with van der Waals surface area (Å²) in [6, 6.07) is 14.0. The van der Waals surface area contributed by atoms with Crippen LogP contribution in [0.25, 0.3) is 6.08 Å². The first-order valence-corrected chi connectivity index (χ1v) is 11.0. The fourth-order valence-electron chi connectivity index (χ4n) is 2.95. The van der Waals surface area contributed by atoms with E-state index in [1.165, 1.54) is 35.3 Å². The molecule has 0 spiro atoms. The third kappa shape index (κ3) is 5.59. The van der Waals surface area contributed by atoms with Crippen LogP contribution in [0, 0.1) is 5.82 Å². The fraction of sp³-hybridized carbons (Fsp3) is 0.208. The Bertz CT molecular complexity index is 1130. The summed E-state index contributed by atoms with van der Waals surface area (Å²) in [6.45, 7) is 5.42. The van der Waals surface area contributed by atoms with Gasteiger partial charge in [0, 0.05) is 37.2 Å². The molecule has 0 bridgehead atoms. The Labute approximate surface area is 191 Å². The van der Waals surface area contributed by atoms with Gasteiger partial charge in [0.05, 0.1) is 17.1 Å². The average molecular weight is 453 g/mol. The van der Waals surface area contributed by atoms with Crippen LogP contribution >= 0.6 is 11.3 Å². The maximum Gasteiger partial charge on any atom is 0.248 e. The van der Waals surface area contributed by atoms with Crippen molar-refractivity contribution < 1.29 is 14.0 Å². The number of benzene rings is 2. The van der Waals surface area contributed by atoms with Crippen LogP contribution in [0.3, 0.4) is 0 Å². The molecule has 1 N–H and O–H groups in total. The molecule has 166 valence electrons. The first-order chi connectivity index (χ1) is 15.3. The largest absolute Gasteiger partial charge is 0.370 e. The monoisotopic (exact) mass is 452 g/mol. The van der Waals surface area contributed by atoms with E-state index < -0.39 is 11.7 Å². The topological polar surface area (TPSA) is 65.5 Å². The third-order valence-electron chi connectivity index (χ3n) is 4.81. The number of carbonyl (C=O) groups excluding carboxylic acids is 2. The summed E-state index contributed by atoms with van der Waals surface area (Å²) in [4.78, 5) is 32.2. The molecule has 0 radical (unpaired) electrons. The van der Waals surface area contributed by atoms with E-state index in [0.29, 0.717) is 22.2 Å². The molecule has 0 aliphatic rings. The number of hydrogen-bond donors (Lipinski definition) is 1. The maximum absolute atomic E-state index is 14.4. The summed E-state index contributed by atoms with van der Waals surface area (Å²) in [7, 11) is 1.82. The summed E-state index contributed by atoms with van der Waals surface area (Å²) in [6.07, 6.45) is 2.88. The van der Waals surface area contributed by atoms with E-state index in [1.54, 1.807) is 23.6 Å². The van der Waals surface area contributed by atoms with Gasteiger partial charge in [-0.05, 0) is 50.3 Å². The molecule has 0 unspecified atom stereocenters. The summed E-state index contributed by atoms with van der Waals surface area (Å²) >= 11 is 1.30. The predicted molar refractivity (Wildman–Crippen MR) is 129 cm³/mol. The normalized spacial score (nSPS) is 11.1. The molecular weight excluding hydrogens is 427 g/mol. The summed E-state index contributed by atoms with van der Waals surface area (Å²) in [5, 5.41) is 4.92. The zero-order valence-electron chi connectivity index (χ0n) is 18.4. The Morgan fingerprint density at radius 1 is 1.16 bits per heavy atom. The molecule has 2 aromatic carbocycles. The lowest BCUT2D eigenvalue weighted by Crippen LogP contribution is -2.26. The van der Waals surface area contributed by atoms with Gasteiger partial charge in [0.25, 0.3) is 0 Å². The van der Waals surface area contributed by atoms with Crippen molar-refractivity contribution in [3.63, 3.8) is 0 Å². The molecule has 2 amide bonds. The van der Waals surface area contributed by atoms with Gasteiger partial charge in [0.2, 0.25) is 11.8 Å². The lowest BCUT2D eigenvalue weighted by molar-refractivity contribution is -0.116. The molecule has 3 rings (SSSR count). The number of halogens is 1. The molecule has 8 heteroatoms. The number of rotatable bonds is 7. The maximum atomic E-state index is 14.4. The molecule has 1 aromatic heterocycles. The highest BCUT2D eigenvalue weighted by Crippen LogP contribution is 2.29. The standard InChI is InChI=1S/C24H25FN4O2S/c1-16(2)28(4)22-12-10-18(14-21(22)25)26-23(31)13-11-19-15-32-24(27-19)29(17(3)30)20-8-6-5-7-9-20/h5-16H,1-4H3,(H,26,31). The van der Waals surface area contributed by atoms with Crippen molar-refractivity contribution in [2.75, 3.05) is 22.2 Å². The van der Waals surface area contributed by atoms with Crippen molar-refractivity contribution in [1.29, 1.82) is 0 Å². The second-order valence-electron chi connectivity index (χ2n) is 7.44. The van der Waals surface area contributed by atoms with E-state index in [-0.39, 0.29) is 11.9 Å². The minimum Gasteiger partial charge on any atom is -0.370 e. The Balaban J connectivity index is 1.68. The van der Waals surface area contributed by atoms with Crippen LogP contribution in [-0.4, -0.2) is 29.9 Å². The number of para-hydroxylation sites is 1. The van der Waals surface area contributed by atoms with Gasteiger partial charge in [-0.1, -0.05) is 18.2 Å². The van der Waals surface area contributed by atoms with Crippen LogP contribution in [0.15, 0.2) is 60.0 Å². The first kappa shape index (κ1) is 23.1. The number of aromatic nitrogens is 1.